The topological polar surface area (TPSA) is 37.2 Å². The van der Waals surface area contributed by atoms with Crippen LogP contribution in [0.1, 0.15) is 22.2 Å². The zero-order chi connectivity index (χ0) is 16.1. The van der Waals surface area contributed by atoms with Gasteiger partial charge in [-0.3, -0.25) is 0 Å². The van der Waals surface area contributed by atoms with Crippen LogP contribution in [-0.2, 0) is 13.1 Å². The van der Waals surface area contributed by atoms with Crippen molar-refractivity contribution < 1.29 is 9.50 Å². The molecule has 0 bridgehead atoms. The number of nitrogens with one attached hydrogen (secondary N) is 1. The predicted molar refractivity (Wildman–Crippen MR) is 90.9 cm³/mol. The monoisotopic (exact) mass is 330 g/mol. The van der Waals surface area contributed by atoms with Gasteiger partial charge in [-0.05, 0) is 41.3 Å². The van der Waals surface area contributed by atoms with Gasteiger partial charge in [0.25, 0.3) is 0 Å². The van der Waals surface area contributed by atoms with Crippen molar-refractivity contribution >= 4 is 11.3 Å². The molecular weight excluding hydrogens is 311 g/mol. The quantitative estimate of drug-likeness (QED) is 0.695. The summed E-state index contributed by atoms with van der Waals surface area (Å²) in [6, 6.07) is 14.2. The zero-order valence-electron chi connectivity index (χ0n) is 12.7. The molecule has 120 valence electrons. The molecule has 0 aliphatic rings. The molecule has 1 aromatic carbocycles. The molecule has 0 radical (unpaired) electrons. The van der Waals surface area contributed by atoms with Crippen molar-refractivity contribution in [1.29, 1.82) is 0 Å². The van der Waals surface area contributed by atoms with Gasteiger partial charge in [0.05, 0.1) is 12.6 Å². The summed E-state index contributed by atoms with van der Waals surface area (Å²) in [6.07, 6.45) is 1.42. The van der Waals surface area contributed by atoms with Crippen molar-refractivity contribution in [2.45, 2.75) is 19.2 Å². The minimum atomic E-state index is -0.642. The SMILES string of the molecule is OC(CNCc1cccn1Cc1cccs1)c1ccc(F)cc1. The molecule has 0 fully saturated rings. The van der Waals surface area contributed by atoms with Crippen molar-refractivity contribution in [3.05, 3.63) is 82.1 Å². The summed E-state index contributed by atoms with van der Waals surface area (Å²) in [4.78, 5) is 1.31. The molecule has 0 amide bonds. The second-order valence-corrected chi connectivity index (χ2v) is 6.44. The third kappa shape index (κ3) is 4.28. The maximum atomic E-state index is 12.9. The highest BCUT2D eigenvalue weighted by Gasteiger charge is 2.08. The Labute approximate surface area is 139 Å². The predicted octanol–water partition coefficient (Wildman–Crippen LogP) is 3.56. The molecule has 0 saturated heterocycles. The lowest BCUT2D eigenvalue weighted by molar-refractivity contribution is 0.174. The summed E-state index contributed by atoms with van der Waals surface area (Å²) < 4.78 is 15.1. The maximum Gasteiger partial charge on any atom is 0.123 e. The second kappa shape index (κ2) is 7.55. The van der Waals surface area contributed by atoms with E-state index in [2.05, 4.69) is 39.7 Å². The molecule has 3 nitrogen and oxygen atoms in total. The van der Waals surface area contributed by atoms with Crippen LogP contribution >= 0.6 is 11.3 Å². The molecule has 1 atom stereocenters. The summed E-state index contributed by atoms with van der Waals surface area (Å²) in [5, 5.41) is 15.5. The number of halogens is 1. The van der Waals surface area contributed by atoms with Crippen molar-refractivity contribution in [1.82, 2.24) is 9.88 Å². The van der Waals surface area contributed by atoms with Gasteiger partial charge in [0, 0.05) is 29.9 Å². The molecule has 2 aromatic heterocycles. The van der Waals surface area contributed by atoms with E-state index in [1.165, 1.54) is 22.7 Å². The van der Waals surface area contributed by atoms with Gasteiger partial charge in [-0.25, -0.2) is 4.39 Å². The van der Waals surface area contributed by atoms with Gasteiger partial charge in [0.1, 0.15) is 5.82 Å². The summed E-state index contributed by atoms with van der Waals surface area (Å²) in [7, 11) is 0. The fraction of sp³-hybridized carbons (Fsp3) is 0.222. The number of hydrogen-bond acceptors (Lipinski definition) is 3. The van der Waals surface area contributed by atoms with E-state index in [0.29, 0.717) is 18.7 Å². The Morgan fingerprint density at radius 1 is 1.13 bits per heavy atom. The van der Waals surface area contributed by atoms with Crippen molar-refractivity contribution in [3.63, 3.8) is 0 Å². The van der Waals surface area contributed by atoms with E-state index < -0.39 is 6.10 Å². The molecule has 23 heavy (non-hydrogen) atoms. The first-order valence-corrected chi connectivity index (χ1v) is 8.41. The lowest BCUT2D eigenvalue weighted by Crippen LogP contribution is -2.22. The highest BCUT2D eigenvalue weighted by Crippen LogP contribution is 2.14. The lowest BCUT2D eigenvalue weighted by atomic mass is 10.1. The molecule has 0 aliphatic carbocycles. The van der Waals surface area contributed by atoms with E-state index in [4.69, 9.17) is 0 Å². The van der Waals surface area contributed by atoms with Gasteiger partial charge in [-0.2, -0.15) is 0 Å². The number of aromatic nitrogens is 1. The largest absolute Gasteiger partial charge is 0.387 e. The molecule has 2 N–H and O–H groups in total. The number of rotatable bonds is 7. The Bertz CT molecular complexity index is 722. The van der Waals surface area contributed by atoms with E-state index in [0.717, 1.165) is 6.54 Å². The Hall–Kier alpha value is -1.95. The third-order valence-corrected chi connectivity index (χ3v) is 4.59. The molecule has 3 aromatic rings. The third-order valence-electron chi connectivity index (χ3n) is 3.73. The van der Waals surface area contributed by atoms with E-state index in [1.807, 2.05) is 6.07 Å². The van der Waals surface area contributed by atoms with E-state index in [-0.39, 0.29) is 5.82 Å². The normalized spacial score (nSPS) is 12.4. The van der Waals surface area contributed by atoms with Gasteiger partial charge in [-0.15, -0.1) is 11.3 Å². The first-order chi connectivity index (χ1) is 11.2. The fourth-order valence-electron chi connectivity index (χ4n) is 2.47. The molecule has 0 spiro atoms. The smallest absolute Gasteiger partial charge is 0.123 e. The van der Waals surface area contributed by atoms with Gasteiger partial charge in [-0.1, -0.05) is 18.2 Å². The van der Waals surface area contributed by atoms with Crippen molar-refractivity contribution in [2.24, 2.45) is 0 Å². The van der Waals surface area contributed by atoms with Gasteiger partial charge in [0.15, 0.2) is 0 Å². The number of aliphatic hydroxyl groups excluding tert-OH is 1. The molecule has 0 aliphatic heterocycles. The molecule has 2 heterocycles. The number of aliphatic hydroxyl groups is 1. The molecule has 3 rings (SSSR count). The number of hydrogen-bond donors (Lipinski definition) is 2. The second-order valence-electron chi connectivity index (χ2n) is 5.41. The molecule has 1 unspecified atom stereocenters. The van der Waals surface area contributed by atoms with Gasteiger partial charge >= 0.3 is 0 Å². The van der Waals surface area contributed by atoms with E-state index in [9.17, 15) is 9.50 Å². The molecule has 0 saturated carbocycles. The summed E-state index contributed by atoms with van der Waals surface area (Å²) in [5.74, 6) is -0.291. The van der Waals surface area contributed by atoms with Crippen molar-refractivity contribution in [2.75, 3.05) is 6.54 Å². The highest BCUT2D eigenvalue weighted by molar-refractivity contribution is 7.09. The van der Waals surface area contributed by atoms with Crippen LogP contribution in [0.15, 0.2) is 60.1 Å². The van der Waals surface area contributed by atoms with Crippen LogP contribution in [0.3, 0.4) is 0 Å². The van der Waals surface area contributed by atoms with Crippen LogP contribution in [-0.4, -0.2) is 16.2 Å². The minimum absolute atomic E-state index is 0.291. The van der Waals surface area contributed by atoms with Crippen LogP contribution in [0.2, 0.25) is 0 Å². The van der Waals surface area contributed by atoms with Gasteiger partial charge in [0.2, 0.25) is 0 Å². The Balaban J connectivity index is 1.53. The minimum Gasteiger partial charge on any atom is -0.387 e. The standard InChI is InChI=1S/C18H19FN2OS/c19-15-7-5-14(6-8-15)18(22)12-20-11-16-3-1-9-21(16)13-17-4-2-10-23-17/h1-10,18,20,22H,11-13H2. The average molecular weight is 330 g/mol. The Kier molecular flexibility index (Phi) is 5.23. The number of nitrogens with zero attached hydrogens (tertiary/aromatic N) is 1. The van der Waals surface area contributed by atoms with Crippen molar-refractivity contribution in [3.8, 4) is 0 Å². The Morgan fingerprint density at radius 3 is 2.70 bits per heavy atom. The summed E-state index contributed by atoms with van der Waals surface area (Å²) >= 11 is 1.75. The zero-order valence-corrected chi connectivity index (χ0v) is 13.5. The first-order valence-electron chi connectivity index (χ1n) is 7.53. The Morgan fingerprint density at radius 2 is 1.96 bits per heavy atom. The number of thiophene rings is 1. The van der Waals surface area contributed by atoms with Crippen LogP contribution in [0, 0.1) is 5.82 Å². The highest BCUT2D eigenvalue weighted by atomic mass is 32.1. The molecular formula is C18H19FN2OS. The average Bonchev–Trinajstić information content (AvgIpc) is 3.21. The summed E-state index contributed by atoms with van der Waals surface area (Å²) in [5.41, 5.74) is 1.89. The van der Waals surface area contributed by atoms with Crippen LogP contribution < -0.4 is 5.32 Å². The fourth-order valence-corrected chi connectivity index (χ4v) is 3.18. The number of benzene rings is 1. The van der Waals surface area contributed by atoms with Crippen LogP contribution in [0.5, 0.6) is 0 Å². The maximum absolute atomic E-state index is 12.9. The summed E-state index contributed by atoms with van der Waals surface area (Å²) in [6.45, 7) is 1.97. The first kappa shape index (κ1) is 15.9. The van der Waals surface area contributed by atoms with E-state index in [1.54, 1.807) is 23.5 Å². The van der Waals surface area contributed by atoms with E-state index >= 15 is 0 Å². The van der Waals surface area contributed by atoms with Gasteiger partial charge < -0.3 is 15.0 Å². The van der Waals surface area contributed by atoms with Crippen LogP contribution in [0.4, 0.5) is 4.39 Å². The molecule has 5 heteroatoms. The van der Waals surface area contributed by atoms with Crippen LogP contribution in [0.25, 0.3) is 0 Å². The lowest BCUT2D eigenvalue weighted by Gasteiger charge is -2.13.